The number of rotatable bonds is 17. The van der Waals surface area contributed by atoms with E-state index in [-0.39, 0.29) is 0 Å². The molecule has 0 atom stereocenters. The van der Waals surface area contributed by atoms with Crippen molar-refractivity contribution < 1.29 is 13.3 Å². The van der Waals surface area contributed by atoms with E-state index in [0.717, 1.165) is 22.3 Å². The zero-order chi connectivity index (χ0) is 24.9. The number of fused-ring (bicyclic) bond motifs is 1. The highest BCUT2D eigenvalue weighted by Crippen LogP contribution is 2.58. The lowest BCUT2D eigenvalue weighted by Crippen LogP contribution is -2.46. The minimum absolute atomic E-state index is 0.609. The summed E-state index contributed by atoms with van der Waals surface area (Å²) in [5.41, 5.74) is 3.68. The first-order valence-corrected chi connectivity index (χ1v) is 22.7. The fraction of sp³-hybridized carbons (Fsp3) is 0.409. The molecule has 0 unspecified atom stereocenters. The summed E-state index contributed by atoms with van der Waals surface area (Å²) in [6, 6.07) is 15.8. The van der Waals surface area contributed by atoms with Gasteiger partial charge in [0.05, 0.1) is 10.2 Å². The summed E-state index contributed by atoms with van der Waals surface area (Å²) < 4.78 is 20.5. The van der Waals surface area contributed by atoms with E-state index in [1.54, 1.807) is 71.3 Å². The third-order valence-corrected chi connectivity index (χ3v) is 21.8. The molecule has 0 spiro atoms. The Morgan fingerprint density at radius 3 is 2.17 bits per heavy atom. The topological polar surface area (TPSA) is 40.6 Å². The van der Waals surface area contributed by atoms with Crippen molar-refractivity contribution in [3.05, 3.63) is 53.6 Å². The fourth-order valence-electron chi connectivity index (χ4n) is 3.29. The number of benzene rings is 2. The summed E-state index contributed by atoms with van der Waals surface area (Å²) in [4.78, 5) is 5.96. The summed E-state index contributed by atoms with van der Waals surface area (Å²) >= 11 is 1.75. The number of para-hydroxylation sites is 1. The average Bonchev–Trinajstić information content (AvgIpc) is 3.26. The van der Waals surface area contributed by atoms with Crippen LogP contribution in [0.5, 0.6) is 0 Å². The maximum Gasteiger partial charge on any atom is 0.501 e. The van der Waals surface area contributed by atoms with Gasteiger partial charge in [-0.3, -0.25) is 0 Å². The third-order valence-electron chi connectivity index (χ3n) is 4.62. The molecule has 1 heterocycles. The van der Waals surface area contributed by atoms with Crippen LogP contribution in [0, 0.1) is 6.92 Å². The maximum absolute atomic E-state index is 6.05. The average molecular weight is 640 g/mol. The zero-order valence-corrected chi connectivity index (χ0v) is 27.5. The van der Waals surface area contributed by atoms with Gasteiger partial charge in [0.2, 0.25) is 0 Å². The molecule has 3 rings (SSSR count). The SMILES string of the molecule is CCO[Si](CCc1cc(C)ccc1SSSSSSSc1nc2ccccc2s1)(OCC)OCC. The number of thiazole rings is 1. The molecule has 3 aromatic rings. The molecule has 0 saturated carbocycles. The first-order valence-electron chi connectivity index (χ1n) is 11.1. The van der Waals surface area contributed by atoms with Crippen LogP contribution in [0.15, 0.2) is 51.7 Å². The highest BCUT2D eigenvalue weighted by atomic mass is 33.9. The Bertz CT molecular complexity index is 991. The third kappa shape index (κ3) is 10.2. The van der Waals surface area contributed by atoms with Gasteiger partial charge in [-0.05, 0) is 129 Å². The fourth-order valence-corrected chi connectivity index (χ4v) is 21.3. The Morgan fingerprint density at radius 2 is 1.49 bits per heavy atom. The lowest BCUT2D eigenvalue weighted by atomic mass is 10.1. The lowest BCUT2D eigenvalue weighted by Gasteiger charge is -2.28. The number of aromatic nitrogens is 1. The minimum atomic E-state index is -2.65. The summed E-state index contributed by atoms with van der Waals surface area (Å²) in [6.07, 6.45) is 0.887. The lowest BCUT2D eigenvalue weighted by molar-refractivity contribution is 0.0714. The summed E-state index contributed by atoms with van der Waals surface area (Å²) in [5.74, 6) is 0. The van der Waals surface area contributed by atoms with Crippen molar-refractivity contribution >= 4 is 101 Å². The number of aryl methyl sites for hydroxylation is 2. The van der Waals surface area contributed by atoms with Crippen molar-refractivity contribution in [2.75, 3.05) is 19.8 Å². The Morgan fingerprint density at radius 1 is 0.829 bits per heavy atom. The molecule has 0 radical (unpaired) electrons. The van der Waals surface area contributed by atoms with Gasteiger partial charge in [-0.2, -0.15) is 0 Å². The molecule has 0 bridgehead atoms. The Balaban J connectivity index is 1.44. The van der Waals surface area contributed by atoms with Crippen LogP contribution in [0.1, 0.15) is 31.9 Å². The first-order chi connectivity index (χ1) is 17.1. The van der Waals surface area contributed by atoms with Gasteiger partial charge in [-0.15, -0.1) is 11.3 Å². The quantitative estimate of drug-likeness (QED) is 0.0805. The van der Waals surface area contributed by atoms with E-state index in [1.165, 1.54) is 20.7 Å². The zero-order valence-electron chi connectivity index (χ0n) is 20.0. The standard InChI is InChI=1S/C22H29NO3S8Si/c1-5-24-35(25-6-2,26-7-3)15-14-18-16-17(4)12-13-20(18)28-30-32-34-33-31-29-22-23-19-10-8-9-11-21(19)27-22/h8-13,16H,5-7,14-15H2,1-4H3. The predicted molar refractivity (Wildman–Crippen MR) is 170 cm³/mol. The number of nitrogens with zero attached hydrogens (tertiary/aromatic N) is 1. The summed E-state index contributed by atoms with van der Waals surface area (Å²) in [6.45, 7) is 9.99. The van der Waals surface area contributed by atoms with E-state index in [2.05, 4.69) is 48.3 Å². The number of hydrogen-bond acceptors (Lipinski definition) is 12. The second kappa shape index (κ2) is 16.8. The second-order valence-electron chi connectivity index (χ2n) is 7.05. The minimum Gasteiger partial charge on any atom is -0.374 e. The summed E-state index contributed by atoms with van der Waals surface area (Å²) in [7, 11) is 9.81. The molecule has 192 valence electrons. The maximum atomic E-state index is 6.05. The van der Waals surface area contributed by atoms with Gasteiger partial charge in [0, 0.05) is 30.8 Å². The highest BCUT2D eigenvalue weighted by Gasteiger charge is 2.40. The van der Waals surface area contributed by atoms with Crippen LogP contribution in [0.2, 0.25) is 6.04 Å². The van der Waals surface area contributed by atoms with Crippen molar-refractivity contribution in [3.8, 4) is 0 Å². The molecule has 35 heavy (non-hydrogen) atoms. The summed E-state index contributed by atoms with van der Waals surface area (Å²) in [5, 5.41) is 0. The van der Waals surface area contributed by atoms with Gasteiger partial charge >= 0.3 is 8.80 Å². The van der Waals surface area contributed by atoms with Crippen molar-refractivity contribution in [1.29, 1.82) is 0 Å². The molecule has 0 aliphatic rings. The van der Waals surface area contributed by atoms with Crippen LogP contribution in [0.3, 0.4) is 0 Å². The highest BCUT2D eigenvalue weighted by molar-refractivity contribution is 9.46. The van der Waals surface area contributed by atoms with Crippen LogP contribution >= 0.6 is 82.1 Å². The van der Waals surface area contributed by atoms with Crippen molar-refractivity contribution in [2.24, 2.45) is 0 Å². The van der Waals surface area contributed by atoms with Gasteiger partial charge in [-0.25, -0.2) is 4.98 Å². The van der Waals surface area contributed by atoms with E-state index >= 15 is 0 Å². The van der Waals surface area contributed by atoms with Gasteiger partial charge in [0.25, 0.3) is 0 Å². The molecule has 4 nitrogen and oxygen atoms in total. The normalized spacial score (nSPS) is 12.0. The Kier molecular flexibility index (Phi) is 14.6. The van der Waals surface area contributed by atoms with Gasteiger partial charge in [-0.1, -0.05) is 29.8 Å². The second-order valence-corrected chi connectivity index (χ2v) is 22.1. The molecule has 2 aromatic carbocycles. The van der Waals surface area contributed by atoms with E-state index in [0.29, 0.717) is 19.8 Å². The Labute approximate surface area is 240 Å². The molecular weight excluding hydrogens is 611 g/mol. The molecule has 0 saturated heterocycles. The largest absolute Gasteiger partial charge is 0.501 e. The molecule has 0 amide bonds. The van der Waals surface area contributed by atoms with E-state index in [1.807, 2.05) is 37.6 Å². The molecular formula is C22H29NO3S8Si. The first kappa shape index (κ1) is 30.4. The molecule has 1 aromatic heterocycles. The molecule has 0 fully saturated rings. The van der Waals surface area contributed by atoms with Crippen molar-refractivity contribution in [2.45, 2.75) is 49.4 Å². The van der Waals surface area contributed by atoms with Crippen LogP contribution in [0.25, 0.3) is 10.2 Å². The van der Waals surface area contributed by atoms with E-state index in [4.69, 9.17) is 13.3 Å². The van der Waals surface area contributed by atoms with Crippen LogP contribution in [-0.4, -0.2) is 33.6 Å². The molecule has 0 aliphatic heterocycles. The van der Waals surface area contributed by atoms with Crippen molar-refractivity contribution in [3.63, 3.8) is 0 Å². The van der Waals surface area contributed by atoms with Crippen LogP contribution in [-0.2, 0) is 19.7 Å². The number of hydrogen-bond donors (Lipinski definition) is 0. The molecule has 0 aliphatic carbocycles. The van der Waals surface area contributed by atoms with E-state index < -0.39 is 8.80 Å². The molecule has 0 N–H and O–H groups in total. The van der Waals surface area contributed by atoms with Crippen molar-refractivity contribution in [1.82, 2.24) is 4.98 Å². The van der Waals surface area contributed by atoms with E-state index in [9.17, 15) is 0 Å². The monoisotopic (exact) mass is 639 g/mol. The molecule has 13 heteroatoms. The Hall–Kier alpha value is 0.877. The van der Waals surface area contributed by atoms with Crippen LogP contribution < -0.4 is 0 Å². The smallest absolute Gasteiger partial charge is 0.374 e. The van der Waals surface area contributed by atoms with Gasteiger partial charge < -0.3 is 13.3 Å². The van der Waals surface area contributed by atoms with Gasteiger partial charge in [0.1, 0.15) is 0 Å². The van der Waals surface area contributed by atoms with Crippen LogP contribution in [0.4, 0.5) is 0 Å². The van der Waals surface area contributed by atoms with Gasteiger partial charge in [0.15, 0.2) is 4.34 Å². The predicted octanol–water partition coefficient (Wildman–Crippen LogP) is 10.2.